The summed E-state index contributed by atoms with van der Waals surface area (Å²) in [5.74, 6) is -2.48. The first-order valence-electron chi connectivity index (χ1n) is 11.6. The first-order valence-corrected chi connectivity index (χ1v) is 14.4. The largest absolute Gasteiger partial charge is 0.427 e. The number of fused-ring (bicyclic) bond motifs is 1. The Kier molecular flexibility index (Phi) is 9.05. The van der Waals surface area contributed by atoms with Gasteiger partial charge in [-0.15, -0.1) is 34.9 Å². The summed E-state index contributed by atoms with van der Waals surface area (Å²) >= 11 is 3.73. The molecule has 0 bridgehead atoms. The summed E-state index contributed by atoms with van der Waals surface area (Å²) in [6.07, 6.45) is 0. The minimum absolute atomic E-state index is 0.0000429. The molecular weight excluding hydrogens is 574 g/mol. The number of nitrogens with one attached hydrogen (secondary N) is 1. The average molecular weight is 602 g/mol. The van der Waals surface area contributed by atoms with Gasteiger partial charge >= 0.3 is 11.9 Å². The molecule has 2 atom stereocenters. The van der Waals surface area contributed by atoms with Gasteiger partial charge in [-0.1, -0.05) is 5.16 Å². The van der Waals surface area contributed by atoms with Crippen molar-refractivity contribution in [3.63, 3.8) is 0 Å². The molecule has 4 N–H and O–H groups in total. The van der Waals surface area contributed by atoms with Crippen LogP contribution in [0.2, 0.25) is 0 Å². The Morgan fingerprint density at radius 2 is 2.03 bits per heavy atom. The van der Waals surface area contributed by atoms with Crippen molar-refractivity contribution in [3.05, 3.63) is 21.7 Å². The van der Waals surface area contributed by atoms with E-state index in [4.69, 9.17) is 24.7 Å². The second-order valence-electron chi connectivity index (χ2n) is 9.48. The van der Waals surface area contributed by atoms with Crippen molar-refractivity contribution in [2.75, 3.05) is 38.3 Å². The number of hydrogen-bond donors (Lipinski definition) is 3. The highest BCUT2D eigenvalue weighted by Gasteiger charge is 2.55. The Bertz CT molecular complexity index is 1210. The number of aromatic nitrogens is 1. The molecule has 3 aliphatic heterocycles. The van der Waals surface area contributed by atoms with Gasteiger partial charge in [0, 0.05) is 16.0 Å². The van der Waals surface area contributed by atoms with E-state index in [0.717, 1.165) is 11.3 Å². The number of nitrogens with two attached hydrogens (primary N) is 1. The number of carbonyl (C=O) groups is 4. The topological polar surface area (TPSA) is 192 Å². The third-order valence-corrected chi connectivity index (χ3v) is 8.93. The summed E-state index contributed by atoms with van der Waals surface area (Å²) in [4.78, 5) is 57.0. The maximum absolute atomic E-state index is 13.2. The molecule has 0 radical (unpaired) electrons. The van der Waals surface area contributed by atoms with Gasteiger partial charge in [0.25, 0.3) is 11.8 Å². The first-order chi connectivity index (χ1) is 18.5. The van der Waals surface area contributed by atoms with Gasteiger partial charge in [0.1, 0.15) is 29.6 Å². The number of carbonyl (C=O) groups excluding carboxylic acids is 4. The highest BCUT2D eigenvalue weighted by molar-refractivity contribution is 8.06. The van der Waals surface area contributed by atoms with Gasteiger partial charge < -0.3 is 35.2 Å². The summed E-state index contributed by atoms with van der Waals surface area (Å²) in [6, 6.07) is -1.01. The Balaban J connectivity index is 1.49. The van der Waals surface area contributed by atoms with Gasteiger partial charge in [0.15, 0.2) is 10.8 Å². The summed E-state index contributed by atoms with van der Waals surface area (Å²) in [7, 11) is 0. The maximum Gasteiger partial charge on any atom is 0.358 e. The lowest BCUT2D eigenvalue weighted by molar-refractivity contribution is -0.173. The lowest BCUT2D eigenvalue weighted by atomic mass is 9.98. The van der Waals surface area contributed by atoms with Crippen LogP contribution in [0.5, 0.6) is 0 Å². The summed E-state index contributed by atoms with van der Waals surface area (Å²) < 4.78 is 20.9. The minimum atomic E-state index is -1.01. The highest BCUT2D eigenvalue weighted by atomic mass is 32.2. The highest BCUT2D eigenvalue weighted by Crippen LogP contribution is 2.45. The Labute approximate surface area is 235 Å². The van der Waals surface area contributed by atoms with Crippen molar-refractivity contribution >= 4 is 69.5 Å². The smallest absolute Gasteiger partial charge is 0.358 e. The second-order valence-corrected chi connectivity index (χ2v) is 12.9. The van der Waals surface area contributed by atoms with Gasteiger partial charge in [-0.25, -0.2) is 9.78 Å². The number of amides is 2. The van der Waals surface area contributed by atoms with Crippen molar-refractivity contribution in [2.45, 2.75) is 37.4 Å². The molecule has 4 heterocycles. The van der Waals surface area contributed by atoms with Crippen LogP contribution >= 0.6 is 34.9 Å². The fourth-order valence-corrected chi connectivity index (χ4v) is 6.89. The second kappa shape index (κ2) is 12.1. The Morgan fingerprint density at radius 1 is 1.31 bits per heavy atom. The number of thioether (sulfide) groups is 2. The standard InChI is InChI=1S/C22H27N5O9S3/c1-22(2,3)20(31)36-9-35-19(30)15-12(39-10-4-33-8-34-5-10)7-37-18-14(17(29)27(15)18)25-16(28)13(26-32)11-6-38-21(23)24-11/h6,10,14,18,32H,4-5,7-9H2,1-3H3,(H2,23,24)(H,25,28)/b26-13-/t14?,18-/m0/s1. The lowest BCUT2D eigenvalue weighted by Gasteiger charge is -2.49. The molecule has 1 unspecified atom stereocenters. The number of nitrogen functional groups attached to an aromatic ring is 1. The molecular formula is C22H27N5O9S3. The number of esters is 2. The number of thiazole rings is 1. The molecule has 4 rings (SSSR count). The number of oxime groups is 1. The predicted octanol–water partition coefficient (Wildman–Crippen LogP) is 0.711. The van der Waals surface area contributed by atoms with E-state index < -0.39 is 53.1 Å². The average Bonchev–Trinajstić information content (AvgIpc) is 3.32. The fourth-order valence-electron chi connectivity index (χ4n) is 3.65. The van der Waals surface area contributed by atoms with Crippen molar-refractivity contribution in [1.82, 2.24) is 15.2 Å². The SMILES string of the molecule is CC(C)(C)C(=O)OCOC(=O)C1=C(SC2COCOC2)CS[C@H]2C(NC(=O)/C(=N\O)c3csc(N)n3)C(=O)N12. The van der Waals surface area contributed by atoms with Crippen molar-refractivity contribution in [1.29, 1.82) is 0 Å². The molecule has 3 aliphatic rings. The van der Waals surface area contributed by atoms with Gasteiger partial charge in [-0.2, -0.15) is 0 Å². The van der Waals surface area contributed by atoms with Crippen LogP contribution in [0.15, 0.2) is 21.1 Å². The van der Waals surface area contributed by atoms with E-state index in [1.807, 2.05) is 0 Å². The third kappa shape index (κ3) is 6.49. The van der Waals surface area contributed by atoms with Gasteiger partial charge in [-0.3, -0.25) is 19.3 Å². The lowest BCUT2D eigenvalue weighted by Crippen LogP contribution is -2.71. The normalized spacial score (nSPS) is 22.2. The zero-order valence-corrected chi connectivity index (χ0v) is 23.7. The molecule has 212 valence electrons. The van der Waals surface area contributed by atoms with E-state index in [9.17, 15) is 24.4 Å². The number of rotatable bonds is 8. The van der Waals surface area contributed by atoms with Crippen molar-refractivity contribution in [3.8, 4) is 0 Å². The monoisotopic (exact) mass is 601 g/mol. The molecule has 0 aromatic carbocycles. The quantitative estimate of drug-likeness (QED) is 0.0943. The van der Waals surface area contributed by atoms with Crippen LogP contribution in [-0.4, -0.2) is 93.8 Å². The van der Waals surface area contributed by atoms with E-state index in [0.29, 0.717) is 23.9 Å². The predicted molar refractivity (Wildman–Crippen MR) is 142 cm³/mol. The molecule has 0 aliphatic carbocycles. The van der Waals surface area contributed by atoms with E-state index in [1.165, 1.54) is 33.8 Å². The molecule has 0 saturated carbocycles. The number of β-lactam (4-membered cyclic amide) rings is 1. The minimum Gasteiger partial charge on any atom is -0.427 e. The van der Waals surface area contributed by atoms with E-state index in [-0.39, 0.29) is 28.6 Å². The van der Waals surface area contributed by atoms with Gasteiger partial charge in [0.2, 0.25) is 6.79 Å². The summed E-state index contributed by atoms with van der Waals surface area (Å²) in [5, 5.41) is 15.8. The first kappa shape index (κ1) is 29.1. The molecule has 14 nitrogen and oxygen atoms in total. The van der Waals surface area contributed by atoms with E-state index in [2.05, 4.69) is 15.5 Å². The molecule has 17 heteroatoms. The molecule has 1 aromatic rings. The molecule has 2 fully saturated rings. The van der Waals surface area contributed by atoms with Gasteiger partial charge in [-0.05, 0) is 20.8 Å². The zero-order chi connectivity index (χ0) is 28.3. The van der Waals surface area contributed by atoms with Crippen LogP contribution in [0.3, 0.4) is 0 Å². The van der Waals surface area contributed by atoms with Crippen LogP contribution < -0.4 is 11.1 Å². The fraction of sp³-hybridized carbons (Fsp3) is 0.545. The summed E-state index contributed by atoms with van der Waals surface area (Å²) in [6.45, 7) is 5.33. The van der Waals surface area contributed by atoms with Crippen molar-refractivity contribution in [2.24, 2.45) is 10.6 Å². The zero-order valence-electron chi connectivity index (χ0n) is 21.2. The molecule has 0 spiro atoms. The number of nitrogens with zero attached hydrogens (tertiary/aromatic N) is 3. The van der Waals surface area contributed by atoms with Crippen LogP contribution in [0.25, 0.3) is 0 Å². The third-order valence-electron chi connectivity index (χ3n) is 5.57. The van der Waals surface area contributed by atoms with Crippen LogP contribution in [0.1, 0.15) is 26.5 Å². The number of anilines is 1. The van der Waals surface area contributed by atoms with Crippen LogP contribution in [0.4, 0.5) is 5.13 Å². The molecule has 2 saturated heterocycles. The van der Waals surface area contributed by atoms with Crippen LogP contribution in [-0.2, 0) is 38.1 Å². The van der Waals surface area contributed by atoms with E-state index >= 15 is 0 Å². The van der Waals surface area contributed by atoms with Crippen LogP contribution in [0, 0.1) is 5.41 Å². The Hall–Kier alpha value is -2.86. The number of hydrogen-bond acceptors (Lipinski definition) is 15. The molecule has 1 aromatic heterocycles. The van der Waals surface area contributed by atoms with E-state index in [1.54, 1.807) is 20.8 Å². The molecule has 2 amide bonds. The number of ether oxygens (including phenoxy) is 4. The Morgan fingerprint density at radius 3 is 2.64 bits per heavy atom. The molecule has 39 heavy (non-hydrogen) atoms. The summed E-state index contributed by atoms with van der Waals surface area (Å²) in [5.41, 5.74) is 4.46. The van der Waals surface area contributed by atoms with Gasteiger partial charge in [0.05, 0.1) is 23.9 Å². The van der Waals surface area contributed by atoms with Crippen molar-refractivity contribution < 1.29 is 43.3 Å². The maximum atomic E-state index is 13.2.